The van der Waals surface area contributed by atoms with Gasteiger partial charge in [0.2, 0.25) is 0 Å². The van der Waals surface area contributed by atoms with Gasteiger partial charge in [-0.2, -0.15) is 0 Å². The molecule has 0 aromatic rings. The minimum Gasteiger partial charge on any atom is -0.465 e. The summed E-state index contributed by atoms with van der Waals surface area (Å²) in [5.41, 5.74) is 0. The van der Waals surface area contributed by atoms with Crippen molar-refractivity contribution >= 4 is 5.97 Å². The molecule has 0 aromatic carbocycles. The number of esters is 1. The number of rotatable bonds is 6. The molecular formula is C15H28N2O2. The average molecular weight is 268 g/mol. The fraction of sp³-hybridized carbons (Fsp3) is 0.933. The van der Waals surface area contributed by atoms with Gasteiger partial charge < -0.3 is 4.74 Å². The number of hydrogen-bond acceptors (Lipinski definition) is 4. The lowest BCUT2D eigenvalue weighted by Gasteiger charge is -2.27. The molecule has 0 amide bonds. The summed E-state index contributed by atoms with van der Waals surface area (Å²) >= 11 is 0. The highest BCUT2D eigenvalue weighted by Gasteiger charge is 2.35. The van der Waals surface area contributed by atoms with Crippen LogP contribution in [0.25, 0.3) is 0 Å². The molecule has 0 aliphatic carbocycles. The van der Waals surface area contributed by atoms with Gasteiger partial charge in [-0.1, -0.05) is 13.3 Å². The first-order valence-corrected chi connectivity index (χ1v) is 7.91. The molecule has 4 nitrogen and oxygen atoms in total. The summed E-state index contributed by atoms with van der Waals surface area (Å²) in [5, 5.41) is 0. The van der Waals surface area contributed by atoms with Crippen LogP contribution >= 0.6 is 0 Å². The Morgan fingerprint density at radius 3 is 2.63 bits per heavy atom. The average Bonchev–Trinajstić information content (AvgIpc) is 3.06. The highest BCUT2D eigenvalue weighted by molar-refractivity contribution is 5.75. The second-order valence-corrected chi connectivity index (χ2v) is 5.74. The van der Waals surface area contributed by atoms with Gasteiger partial charge >= 0.3 is 5.97 Å². The molecule has 2 aliphatic heterocycles. The molecule has 2 unspecified atom stereocenters. The van der Waals surface area contributed by atoms with Crippen LogP contribution in [0.4, 0.5) is 0 Å². The molecule has 2 rings (SSSR count). The van der Waals surface area contributed by atoms with Gasteiger partial charge in [0.1, 0.15) is 6.04 Å². The summed E-state index contributed by atoms with van der Waals surface area (Å²) in [7, 11) is 0. The summed E-state index contributed by atoms with van der Waals surface area (Å²) in [6.45, 7) is 9.10. The van der Waals surface area contributed by atoms with Crippen LogP contribution in [-0.4, -0.2) is 60.6 Å². The molecule has 2 aliphatic rings. The second kappa shape index (κ2) is 7.25. The highest BCUT2D eigenvalue weighted by Crippen LogP contribution is 2.23. The van der Waals surface area contributed by atoms with Crippen molar-refractivity contribution in [3.05, 3.63) is 0 Å². The van der Waals surface area contributed by atoms with Crippen molar-refractivity contribution in [3.8, 4) is 0 Å². The quantitative estimate of drug-likeness (QED) is 0.689. The van der Waals surface area contributed by atoms with E-state index in [1.54, 1.807) is 0 Å². The van der Waals surface area contributed by atoms with Crippen LogP contribution in [-0.2, 0) is 9.53 Å². The van der Waals surface area contributed by atoms with Gasteiger partial charge in [0.05, 0.1) is 6.61 Å². The smallest absolute Gasteiger partial charge is 0.323 e. The molecule has 0 bridgehead atoms. The van der Waals surface area contributed by atoms with E-state index in [0.29, 0.717) is 12.6 Å². The molecule has 110 valence electrons. The van der Waals surface area contributed by atoms with Gasteiger partial charge in [0, 0.05) is 19.1 Å². The maximum atomic E-state index is 12.1. The van der Waals surface area contributed by atoms with Crippen molar-refractivity contribution in [2.75, 3.05) is 32.8 Å². The normalized spacial score (nSPS) is 26.7. The lowest BCUT2D eigenvalue weighted by atomic mass is 10.1. The maximum absolute atomic E-state index is 12.1. The molecule has 19 heavy (non-hydrogen) atoms. The van der Waals surface area contributed by atoms with Crippen LogP contribution in [0.15, 0.2) is 0 Å². The van der Waals surface area contributed by atoms with E-state index < -0.39 is 0 Å². The Labute approximate surface area is 117 Å². The third-order valence-electron chi connectivity index (χ3n) is 4.41. The summed E-state index contributed by atoms with van der Waals surface area (Å²) in [5.74, 6) is -0.0218. The van der Waals surface area contributed by atoms with E-state index >= 15 is 0 Å². The molecule has 2 saturated heterocycles. The fourth-order valence-corrected chi connectivity index (χ4v) is 3.42. The predicted molar refractivity (Wildman–Crippen MR) is 76.1 cm³/mol. The number of carbonyl (C=O) groups excluding carboxylic acids is 1. The summed E-state index contributed by atoms with van der Waals surface area (Å²) < 4.78 is 5.24. The third-order valence-corrected chi connectivity index (χ3v) is 4.41. The van der Waals surface area contributed by atoms with E-state index in [0.717, 1.165) is 25.9 Å². The molecule has 2 heterocycles. The van der Waals surface area contributed by atoms with E-state index in [1.165, 1.54) is 32.4 Å². The highest BCUT2D eigenvalue weighted by atomic mass is 16.5. The van der Waals surface area contributed by atoms with E-state index in [1.807, 2.05) is 6.92 Å². The molecule has 0 spiro atoms. The summed E-state index contributed by atoms with van der Waals surface area (Å²) in [6.07, 6.45) is 5.85. The van der Waals surface area contributed by atoms with Gasteiger partial charge in [0.15, 0.2) is 0 Å². The van der Waals surface area contributed by atoms with Gasteiger partial charge in [-0.05, 0) is 45.7 Å². The van der Waals surface area contributed by atoms with Crippen LogP contribution in [0.3, 0.4) is 0 Å². The summed E-state index contributed by atoms with van der Waals surface area (Å²) in [4.78, 5) is 17.0. The van der Waals surface area contributed by atoms with Crippen molar-refractivity contribution in [3.63, 3.8) is 0 Å². The Bertz CT molecular complexity index is 290. The fourth-order valence-electron chi connectivity index (χ4n) is 3.42. The van der Waals surface area contributed by atoms with Crippen molar-refractivity contribution in [1.29, 1.82) is 0 Å². The van der Waals surface area contributed by atoms with Crippen LogP contribution in [0, 0.1) is 0 Å². The Kier molecular flexibility index (Phi) is 5.64. The van der Waals surface area contributed by atoms with E-state index in [2.05, 4.69) is 16.7 Å². The minimum absolute atomic E-state index is 0.0162. The molecule has 0 radical (unpaired) electrons. The molecular weight excluding hydrogens is 240 g/mol. The predicted octanol–water partition coefficient (Wildman–Crippen LogP) is 1.89. The number of carbonyl (C=O) groups is 1. The Balaban J connectivity index is 1.89. The Hall–Kier alpha value is -0.610. The molecule has 0 saturated carbocycles. The monoisotopic (exact) mass is 268 g/mol. The van der Waals surface area contributed by atoms with Crippen molar-refractivity contribution in [2.24, 2.45) is 0 Å². The van der Waals surface area contributed by atoms with Crippen molar-refractivity contribution in [2.45, 2.75) is 58.0 Å². The molecule has 4 heteroatoms. The first-order chi connectivity index (χ1) is 9.26. The van der Waals surface area contributed by atoms with Crippen molar-refractivity contribution in [1.82, 2.24) is 9.80 Å². The second-order valence-electron chi connectivity index (χ2n) is 5.74. The number of ether oxygens (including phenoxy) is 1. The van der Waals surface area contributed by atoms with Gasteiger partial charge in [-0.25, -0.2) is 0 Å². The minimum atomic E-state index is -0.0218. The SMILES string of the molecule is CCCC(C(=O)OCC)N1CCC(N2CCCC2)C1. The largest absolute Gasteiger partial charge is 0.465 e. The van der Waals surface area contributed by atoms with Crippen molar-refractivity contribution < 1.29 is 9.53 Å². The molecule has 0 N–H and O–H groups in total. The maximum Gasteiger partial charge on any atom is 0.323 e. The van der Waals surface area contributed by atoms with Gasteiger partial charge in [-0.3, -0.25) is 14.6 Å². The lowest BCUT2D eigenvalue weighted by Crippen LogP contribution is -2.43. The number of nitrogens with zero attached hydrogens (tertiary/aromatic N) is 2. The lowest BCUT2D eigenvalue weighted by molar-refractivity contribution is -0.149. The number of hydrogen-bond donors (Lipinski definition) is 0. The standard InChI is InChI=1S/C15H28N2O2/c1-3-7-14(15(18)19-4-2)17-11-8-13(12-17)16-9-5-6-10-16/h13-14H,3-12H2,1-2H3. The first kappa shape index (κ1) is 14.8. The van der Waals surface area contributed by atoms with Gasteiger partial charge in [-0.15, -0.1) is 0 Å². The topological polar surface area (TPSA) is 32.8 Å². The summed E-state index contributed by atoms with van der Waals surface area (Å²) in [6, 6.07) is 0.647. The van der Waals surface area contributed by atoms with Crippen LogP contribution in [0.1, 0.15) is 46.0 Å². The van der Waals surface area contributed by atoms with Crippen LogP contribution in [0.2, 0.25) is 0 Å². The molecule has 2 atom stereocenters. The van der Waals surface area contributed by atoms with E-state index in [9.17, 15) is 4.79 Å². The number of likely N-dealkylation sites (tertiary alicyclic amines) is 2. The van der Waals surface area contributed by atoms with Gasteiger partial charge in [0.25, 0.3) is 0 Å². The van der Waals surface area contributed by atoms with Crippen LogP contribution in [0.5, 0.6) is 0 Å². The van der Waals surface area contributed by atoms with Crippen LogP contribution < -0.4 is 0 Å². The zero-order chi connectivity index (χ0) is 13.7. The third kappa shape index (κ3) is 3.69. The first-order valence-electron chi connectivity index (χ1n) is 7.91. The molecule has 0 aromatic heterocycles. The van der Waals surface area contributed by atoms with E-state index in [4.69, 9.17) is 4.74 Å². The molecule has 2 fully saturated rings. The Morgan fingerprint density at radius 1 is 1.26 bits per heavy atom. The van der Waals surface area contributed by atoms with E-state index in [-0.39, 0.29) is 12.0 Å². The zero-order valence-corrected chi connectivity index (χ0v) is 12.4. The Morgan fingerprint density at radius 2 is 2.00 bits per heavy atom. The zero-order valence-electron chi connectivity index (χ0n) is 12.4.